The number of rotatable bonds is 4. The Hall–Kier alpha value is 0.870. The summed E-state index contributed by atoms with van der Waals surface area (Å²) in [7, 11) is -3.53. The second kappa shape index (κ2) is 7.25. The molecule has 0 unspecified atom stereocenters. The molecule has 0 spiro atoms. The van der Waals surface area contributed by atoms with Gasteiger partial charge >= 0.3 is 39.9 Å². The maximum atomic E-state index is 11.4. The van der Waals surface area contributed by atoms with Crippen molar-refractivity contribution in [1.82, 2.24) is 4.72 Å². The van der Waals surface area contributed by atoms with Crippen molar-refractivity contribution in [2.45, 2.75) is 58.1 Å². The predicted molar refractivity (Wildman–Crippen MR) is 56.3 cm³/mol. The third-order valence-corrected chi connectivity index (χ3v) is 3.48. The summed E-state index contributed by atoms with van der Waals surface area (Å²) < 4.78 is 30.2. The molecular weight excluding hydrogens is 225 g/mol. The second-order valence-electron chi connectivity index (χ2n) is 4.08. The molecule has 0 aromatic rings. The number of hydrogen-bond acceptors (Lipinski definition) is 3. The van der Waals surface area contributed by atoms with Gasteiger partial charge in [-0.2, -0.15) is 13.1 Å². The van der Waals surface area contributed by atoms with Gasteiger partial charge in [-0.3, -0.25) is 4.18 Å². The SMILES string of the molecule is CC(C)NS(=O)(=O)OC1CCCCC1.[H-].[Na+]. The Labute approximate surface area is 116 Å². The molecule has 1 saturated carbocycles. The summed E-state index contributed by atoms with van der Waals surface area (Å²) in [4.78, 5) is 0. The Morgan fingerprint density at radius 1 is 1.27 bits per heavy atom. The molecule has 1 fully saturated rings. The summed E-state index contributed by atoms with van der Waals surface area (Å²) in [5.41, 5.74) is 0. The Bertz CT molecular complexity index is 266. The molecule has 0 aromatic heterocycles. The van der Waals surface area contributed by atoms with Gasteiger partial charge in [-0.15, -0.1) is 0 Å². The zero-order valence-electron chi connectivity index (χ0n) is 10.8. The van der Waals surface area contributed by atoms with E-state index in [-0.39, 0.29) is 43.1 Å². The normalized spacial score (nSPS) is 18.9. The Morgan fingerprint density at radius 3 is 2.27 bits per heavy atom. The van der Waals surface area contributed by atoms with Gasteiger partial charge in [0.15, 0.2) is 0 Å². The maximum absolute atomic E-state index is 11.4. The number of hydrogen-bond donors (Lipinski definition) is 1. The van der Waals surface area contributed by atoms with Crippen LogP contribution in [0.1, 0.15) is 47.4 Å². The van der Waals surface area contributed by atoms with E-state index < -0.39 is 10.3 Å². The fourth-order valence-corrected chi connectivity index (χ4v) is 2.84. The van der Waals surface area contributed by atoms with Crippen LogP contribution in [0.4, 0.5) is 0 Å². The molecule has 0 radical (unpaired) electrons. The van der Waals surface area contributed by atoms with E-state index in [1.807, 2.05) is 0 Å². The Balaban J connectivity index is 0. The molecule has 86 valence electrons. The maximum Gasteiger partial charge on any atom is 1.00 e. The smallest absolute Gasteiger partial charge is 1.00 e. The summed E-state index contributed by atoms with van der Waals surface area (Å²) in [5.74, 6) is 0. The van der Waals surface area contributed by atoms with Crippen molar-refractivity contribution in [3.05, 3.63) is 0 Å². The van der Waals surface area contributed by atoms with Crippen LogP contribution in [-0.2, 0) is 14.5 Å². The first-order valence-electron chi connectivity index (χ1n) is 5.20. The fourth-order valence-electron chi connectivity index (χ4n) is 1.66. The first kappa shape index (κ1) is 15.9. The van der Waals surface area contributed by atoms with Gasteiger partial charge in [0.05, 0.1) is 6.10 Å². The van der Waals surface area contributed by atoms with Crippen molar-refractivity contribution in [3.8, 4) is 0 Å². The fraction of sp³-hybridized carbons (Fsp3) is 1.00. The molecule has 0 saturated heterocycles. The molecule has 0 aromatic carbocycles. The zero-order chi connectivity index (χ0) is 10.6. The van der Waals surface area contributed by atoms with E-state index in [9.17, 15) is 8.42 Å². The van der Waals surface area contributed by atoms with E-state index >= 15 is 0 Å². The van der Waals surface area contributed by atoms with Crippen LogP contribution >= 0.6 is 0 Å². The number of nitrogens with one attached hydrogen (secondary N) is 1. The van der Waals surface area contributed by atoms with Gasteiger partial charge in [0.25, 0.3) is 0 Å². The van der Waals surface area contributed by atoms with Crippen molar-refractivity contribution >= 4 is 10.3 Å². The minimum Gasteiger partial charge on any atom is -1.00 e. The van der Waals surface area contributed by atoms with Gasteiger partial charge < -0.3 is 1.43 Å². The molecular formula is C9H20NNaO3S. The molecule has 1 N–H and O–H groups in total. The van der Waals surface area contributed by atoms with E-state index in [1.165, 1.54) is 6.42 Å². The Kier molecular flexibility index (Phi) is 7.67. The predicted octanol–water partition coefficient (Wildman–Crippen LogP) is -1.30. The van der Waals surface area contributed by atoms with Crippen molar-refractivity contribution in [3.63, 3.8) is 0 Å². The van der Waals surface area contributed by atoms with Crippen LogP contribution < -0.4 is 34.3 Å². The van der Waals surface area contributed by atoms with Crippen LogP contribution in [0.5, 0.6) is 0 Å². The molecule has 0 atom stereocenters. The van der Waals surface area contributed by atoms with Gasteiger partial charge in [0.2, 0.25) is 0 Å². The average Bonchev–Trinajstić information content (AvgIpc) is 2.02. The summed E-state index contributed by atoms with van der Waals surface area (Å²) >= 11 is 0. The minimum atomic E-state index is -3.53. The van der Waals surface area contributed by atoms with Crippen LogP contribution in [0, 0.1) is 0 Å². The van der Waals surface area contributed by atoms with E-state index in [1.54, 1.807) is 13.8 Å². The minimum absolute atomic E-state index is 0. The summed E-state index contributed by atoms with van der Waals surface area (Å²) in [6.45, 7) is 3.56. The van der Waals surface area contributed by atoms with Crippen LogP contribution in [0.2, 0.25) is 0 Å². The molecule has 0 aliphatic heterocycles. The molecule has 0 amide bonds. The van der Waals surface area contributed by atoms with Gasteiger partial charge in [-0.25, -0.2) is 0 Å². The van der Waals surface area contributed by atoms with Gasteiger partial charge in [0.1, 0.15) is 0 Å². The molecule has 0 bridgehead atoms. The molecule has 1 aliphatic rings. The van der Waals surface area contributed by atoms with Gasteiger partial charge in [0, 0.05) is 6.04 Å². The Morgan fingerprint density at radius 2 is 1.80 bits per heavy atom. The summed E-state index contributed by atoms with van der Waals surface area (Å²) in [5, 5.41) is 0. The monoisotopic (exact) mass is 245 g/mol. The largest absolute Gasteiger partial charge is 1.00 e. The van der Waals surface area contributed by atoms with Crippen LogP contribution in [0.3, 0.4) is 0 Å². The molecule has 4 nitrogen and oxygen atoms in total. The third-order valence-electron chi connectivity index (χ3n) is 2.20. The molecule has 15 heavy (non-hydrogen) atoms. The van der Waals surface area contributed by atoms with Crippen molar-refractivity contribution in [1.29, 1.82) is 0 Å². The second-order valence-corrected chi connectivity index (χ2v) is 5.42. The quantitative estimate of drug-likeness (QED) is 0.626. The molecule has 0 heterocycles. The van der Waals surface area contributed by atoms with E-state index in [0.717, 1.165) is 25.7 Å². The van der Waals surface area contributed by atoms with Gasteiger partial charge in [-0.05, 0) is 26.7 Å². The van der Waals surface area contributed by atoms with Crippen LogP contribution in [-0.4, -0.2) is 20.6 Å². The summed E-state index contributed by atoms with van der Waals surface area (Å²) in [6.07, 6.45) is 4.94. The standard InChI is InChI=1S/C9H19NO3S.Na.H/c1-8(2)10-14(11,12)13-9-6-4-3-5-7-9;;/h8-10H,3-7H2,1-2H3;;/q;+1;-1. The molecule has 1 rings (SSSR count). The first-order valence-corrected chi connectivity index (χ1v) is 6.61. The van der Waals surface area contributed by atoms with Crippen LogP contribution in [0.25, 0.3) is 0 Å². The third kappa shape index (κ3) is 6.92. The molecule has 6 heteroatoms. The summed E-state index contributed by atoms with van der Waals surface area (Å²) in [6, 6.07) is -0.108. The van der Waals surface area contributed by atoms with Crippen LogP contribution in [0.15, 0.2) is 0 Å². The van der Waals surface area contributed by atoms with E-state index in [4.69, 9.17) is 4.18 Å². The van der Waals surface area contributed by atoms with E-state index in [0.29, 0.717) is 0 Å². The first-order chi connectivity index (χ1) is 6.49. The van der Waals surface area contributed by atoms with Gasteiger partial charge in [-0.1, -0.05) is 19.3 Å². The average molecular weight is 245 g/mol. The van der Waals surface area contributed by atoms with E-state index in [2.05, 4.69) is 4.72 Å². The topological polar surface area (TPSA) is 55.4 Å². The van der Waals surface area contributed by atoms with Crippen molar-refractivity contribution in [2.24, 2.45) is 0 Å². The zero-order valence-corrected chi connectivity index (χ0v) is 12.6. The molecule has 1 aliphatic carbocycles. The van der Waals surface area contributed by atoms with Crippen molar-refractivity contribution in [2.75, 3.05) is 0 Å². The van der Waals surface area contributed by atoms with Crippen molar-refractivity contribution < 1.29 is 43.6 Å².